The minimum absolute atomic E-state index is 0.00792. The highest BCUT2D eigenvalue weighted by molar-refractivity contribution is 7.87. The Morgan fingerprint density at radius 1 is 1.17 bits per heavy atom. The van der Waals surface area contributed by atoms with Gasteiger partial charge in [-0.15, -0.1) is 0 Å². The molecular formula is C16H16ClNO5S. The van der Waals surface area contributed by atoms with Gasteiger partial charge < -0.3 is 14.2 Å². The van der Waals surface area contributed by atoms with Crippen LogP contribution in [-0.4, -0.2) is 21.4 Å². The second-order valence-electron chi connectivity index (χ2n) is 4.97. The van der Waals surface area contributed by atoms with Crippen LogP contribution in [0.3, 0.4) is 0 Å². The van der Waals surface area contributed by atoms with Crippen LogP contribution in [0.1, 0.15) is 12.5 Å². The smallest absolute Gasteiger partial charge is 0.343 e. The van der Waals surface area contributed by atoms with Gasteiger partial charge in [-0.2, -0.15) is 8.42 Å². The fourth-order valence-corrected chi connectivity index (χ4v) is 3.34. The Morgan fingerprint density at radius 3 is 2.46 bits per heavy atom. The Bertz CT molecular complexity index is 880. The molecule has 2 aromatic carbocycles. The van der Waals surface area contributed by atoms with E-state index in [1.54, 1.807) is 19.1 Å². The summed E-state index contributed by atoms with van der Waals surface area (Å²) >= 11 is 6.02. The molecule has 0 saturated heterocycles. The molecule has 6 nitrogen and oxygen atoms in total. The predicted octanol–water partition coefficient (Wildman–Crippen LogP) is 3.38. The molecule has 0 aliphatic carbocycles. The molecule has 0 unspecified atom stereocenters. The topological polar surface area (TPSA) is 81.7 Å². The number of anilines is 1. The highest BCUT2D eigenvalue weighted by Crippen LogP contribution is 2.33. The van der Waals surface area contributed by atoms with E-state index in [2.05, 4.69) is 5.32 Å². The van der Waals surface area contributed by atoms with Gasteiger partial charge in [0.15, 0.2) is 5.75 Å². The molecule has 0 heterocycles. The van der Waals surface area contributed by atoms with Crippen molar-refractivity contribution in [3.63, 3.8) is 0 Å². The third kappa shape index (κ3) is 3.98. The van der Waals surface area contributed by atoms with Crippen molar-refractivity contribution in [1.29, 1.82) is 0 Å². The Balaban J connectivity index is 2.47. The zero-order valence-corrected chi connectivity index (χ0v) is 14.9. The first kappa shape index (κ1) is 18.1. The zero-order valence-electron chi connectivity index (χ0n) is 13.3. The van der Waals surface area contributed by atoms with Gasteiger partial charge >= 0.3 is 10.1 Å². The van der Waals surface area contributed by atoms with Crippen molar-refractivity contribution >= 4 is 33.3 Å². The van der Waals surface area contributed by atoms with Gasteiger partial charge in [-0.05, 0) is 36.8 Å². The van der Waals surface area contributed by atoms with Crippen molar-refractivity contribution in [2.45, 2.75) is 18.7 Å². The van der Waals surface area contributed by atoms with Crippen LogP contribution < -0.4 is 14.2 Å². The van der Waals surface area contributed by atoms with Crippen LogP contribution in [0.4, 0.5) is 5.69 Å². The lowest BCUT2D eigenvalue weighted by molar-refractivity contribution is -0.114. The number of hydrogen-bond acceptors (Lipinski definition) is 5. The van der Waals surface area contributed by atoms with Gasteiger partial charge in [0.25, 0.3) is 0 Å². The molecule has 128 valence electrons. The summed E-state index contributed by atoms with van der Waals surface area (Å²) < 4.78 is 35.5. The molecule has 0 radical (unpaired) electrons. The third-order valence-corrected chi connectivity index (χ3v) is 4.78. The van der Waals surface area contributed by atoms with Crippen molar-refractivity contribution in [2.75, 3.05) is 12.4 Å². The van der Waals surface area contributed by atoms with Crippen molar-refractivity contribution in [1.82, 2.24) is 0 Å². The van der Waals surface area contributed by atoms with E-state index in [0.29, 0.717) is 5.56 Å². The molecule has 0 aliphatic rings. The molecular weight excluding hydrogens is 354 g/mol. The summed E-state index contributed by atoms with van der Waals surface area (Å²) in [4.78, 5) is 11.0. The highest BCUT2D eigenvalue weighted by atomic mass is 35.5. The second kappa shape index (κ2) is 7.11. The lowest BCUT2D eigenvalue weighted by atomic mass is 10.2. The molecule has 0 bridgehead atoms. The number of hydrogen-bond donors (Lipinski definition) is 1. The van der Waals surface area contributed by atoms with Gasteiger partial charge in [0.05, 0.1) is 12.8 Å². The Kier molecular flexibility index (Phi) is 5.36. The first-order valence-electron chi connectivity index (χ1n) is 6.90. The maximum atomic E-state index is 12.6. The Morgan fingerprint density at radius 2 is 1.83 bits per heavy atom. The fraction of sp³-hybridized carbons (Fsp3) is 0.188. The number of aryl methyl sites for hydroxylation is 1. The molecule has 0 aliphatic heterocycles. The van der Waals surface area contributed by atoms with Crippen LogP contribution in [-0.2, 0) is 14.9 Å². The number of halogens is 1. The van der Waals surface area contributed by atoms with Crippen molar-refractivity contribution in [2.24, 2.45) is 0 Å². The lowest BCUT2D eigenvalue weighted by Crippen LogP contribution is -2.14. The van der Waals surface area contributed by atoms with Crippen LogP contribution in [0.5, 0.6) is 11.5 Å². The van der Waals surface area contributed by atoms with Gasteiger partial charge in [-0.1, -0.05) is 23.7 Å². The first-order chi connectivity index (χ1) is 11.2. The summed E-state index contributed by atoms with van der Waals surface area (Å²) in [5.74, 6) is -0.236. The average Bonchev–Trinajstić information content (AvgIpc) is 2.50. The SMILES string of the molecule is COc1cc(C)c(Cl)cc1S(=O)(=O)Oc1ccccc1NC(C)=O. The number of rotatable bonds is 5. The van der Waals surface area contributed by atoms with Crippen LogP contribution in [0.2, 0.25) is 5.02 Å². The van der Waals surface area contributed by atoms with Gasteiger partial charge in [0.1, 0.15) is 10.6 Å². The van der Waals surface area contributed by atoms with Crippen molar-refractivity contribution in [3.05, 3.63) is 47.0 Å². The molecule has 0 atom stereocenters. The molecule has 0 saturated carbocycles. The summed E-state index contributed by atoms with van der Waals surface area (Å²) in [6.07, 6.45) is 0. The van der Waals surface area contributed by atoms with E-state index in [9.17, 15) is 13.2 Å². The molecule has 24 heavy (non-hydrogen) atoms. The number of carbonyl (C=O) groups is 1. The number of benzene rings is 2. The Hall–Kier alpha value is -2.25. The van der Waals surface area contributed by atoms with Crippen molar-refractivity contribution < 1.29 is 22.1 Å². The molecule has 0 spiro atoms. The largest absolute Gasteiger partial charge is 0.495 e. The van der Waals surface area contributed by atoms with E-state index < -0.39 is 10.1 Å². The number of para-hydroxylation sites is 2. The summed E-state index contributed by atoms with van der Waals surface area (Å²) in [7, 11) is -2.86. The standard InChI is InChI=1S/C16H16ClNO5S/c1-10-8-15(22-3)16(9-12(10)17)24(20,21)23-14-7-5-4-6-13(14)18-11(2)19/h4-9H,1-3H3,(H,18,19). The average molecular weight is 370 g/mol. The highest BCUT2D eigenvalue weighted by Gasteiger charge is 2.24. The summed E-state index contributed by atoms with van der Waals surface area (Å²) in [5, 5.41) is 2.78. The Labute approximate surface area is 145 Å². The van der Waals surface area contributed by atoms with E-state index in [4.69, 9.17) is 20.5 Å². The lowest BCUT2D eigenvalue weighted by Gasteiger charge is -2.14. The molecule has 8 heteroatoms. The quantitative estimate of drug-likeness (QED) is 0.817. The molecule has 1 amide bonds. The van der Waals surface area contributed by atoms with E-state index in [-0.39, 0.29) is 33.0 Å². The van der Waals surface area contributed by atoms with Gasteiger partial charge in [-0.25, -0.2) is 0 Å². The maximum Gasteiger partial charge on any atom is 0.343 e. The third-order valence-electron chi connectivity index (χ3n) is 3.11. The predicted molar refractivity (Wildman–Crippen MR) is 91.3 cm³/mol. The number of amides is 1. The first-order valence-corrected chi connectivity index (χ1v) is 8.68. The normalized spacial score (nSPS) is 11.0. The zero-order chi connectivity index (χ0) is 17.9. The van der Waals surface area contributed by atoms with E-state index in [0.717, 1.165) is 0 Å². The van der Waals surface area contributed by atoms with Gasteiger partial charge in [0.2, 0.25) is 5.91 Å². The molecule has 2 rings (SSSR count). The molecule has 0 fully saturated rings. The van der Waals surface area contributed by atoms with Crippen LogP contribution >= 0.6 is 11.6 Å². The monoisotopic (exact) mass is 369 g/mol. The fourth-order valence-electron chi connectivity index (χ4n) is 1.99. The van der Waals surface area contributed by atoms with Gasteiger partial charge in [0, 0.05) is 11.9 Å². The van der Waals surface area contributed by atoms with E-state index in [1.807, 2.05) is 0 Å². The van der Waals surface area contributed by atoms with E-state index >= 15 is 0 Å². The number of nitrogens with one attached hydrogen (secondary N) is 1. The molecule has 2 aromatic rings. The number of methoxy groups -OCH3 is 1. The maximum absolute atomic E-state index is 12.6. The molecule has 0 aromatic heterocycles. The van der Waals surface area contributed by atoms with Gasteiger partial charge in [-0.3, -0.25) is 4.79 Å². The van der Waals surface area contributed by atoms with Crippen LogP contribution in [0, 0.1) is 6.92 Å². The summed E-state index contributed by atoms with van der Waals surface area (Å²) in [6.45, 7) is 3.04. The van der Waals surface area contributed by atoms with Crippen molar-refractivity contribution in [3.8, 4) is 11.5 Å². The van der Waals surface area contributed by atoms with Crippen LogP contribution in [0.15, 0.2) is 41.3 Å². The van der Waals surface area contributed by atoms with Crippen LogP contribution in [0.25, 0.3) is 0 Å². The second-order valence-corrected chi connectivity index (χ2v) is 6.89. The summed E-state index contributed by atoms with van der Waals surface area (Å²) in [6, 6.07) is 8.99. The summed E-state index contributed by atoms with van der Waals surface area (Å²) in [5.41, 5.74) is 0.914. The number of carbonyl (C=O) groups excluding carboxylic acids is 1. The minimum atomic E-state index is -4.21. The van der Waals surface area contributed by atoms with E-state index in [1.165, 1.54) is 38.3 Å². The molecule has 1 N–H and O–H groups in total. The number of ether oxygens (including phenoxy) is 1. The minimum Gasteiger partial charge on any atom is -0.495 e.